The molecule has 5 rings (SSSR count). The summed E-state index contributed by atoms with van der Waals surface area (Å²) in [6, 6.07) is 2.03. The normalized spacial score (nSPS) is 25.4. The molecule has 0 radical (unpaired) electrons. The van der Waals surface area contributed by atoms with Gasteiger partial charge in [-0.2, -0.15) is 0 Å². The van der Waals surface area contributed by atoms with Crippen molar-refractivity contribution in [1.29, 1.82) is 0 Å². The van der Waals surface area contributed by atoms with Gasteiger partial charge in [0.05, 0.1) is 16.6 Å². The molecule has 4 heterocycles. The minimum Gasteiger partial charge on any atom is -0.338 e. The van der Waals surface area contributed by atoms with Crippen molar-refractivity contribution < 1.29 is 9.32 Å². The Hall–Kier alpha value is -1.95. The first-order valence-corrected chi connectivity index (χ1v) is 10.2. The fourth-order valence-corrected chi connectivity index (χ4v) is 4.60. The summed E-state index contributed by atoms with van der Waals surface area (Å²) < 4.78 is 5.60. The minimum absolute atomic E-state index is 0.0651. The molecule has 1 amide bonds. The lowest BCUT2D eigenvalue weighted by atomic mass is 9.89. The van der Waals surface area contributed by atoms with E-state index in [-0.39, 0.29) is 11.3 Å². The second-order valence-corrected chi connectivity index (χ2v) is 9.80. The molecule has 0 spiro atoms. The predicted octanol–water partition coefficient (Wildman–Crippen LogP) is 2.98. The summed E-state index contributed by atoms with van der Waals surface area (Å²) in [5, 5.41) is 8.58. The summed E-state index contributed by atoms with van der Waals surface area (Å²) in [6.45, 7) is 10.3. The number of amides is 1. The Morgan fingerprint density at radius 2 is 1.96 bits per heavy atom. The van der Waals surface area contributed by atoms with E-state index in [4.69, 9.17) is 9.51 Å². The summed E-state index contributed by atoms with van der Waals surface area (Å²) >= 11 is 0. The van der Waals surface area contributed by atoms with Crippen LogP contribution < -0.4 is 5.32 Å². The van der Waals surface area contributed by atoms with Crippen molar-refractivity contribution in [3.05, 3.63) is 23.0 Å². The first kappa shape index (κ1) is 17.2. The second-order valence-electron chi connectivity index (χ2n) is 9.80. The lowest BCUT2D eigenvalue weighted by molar-refractivity contribution is 0.0783. The number of likely N-dealkylation sites (tertiary alicyclic amines) is 1. The maximum absolute atomic E-state index is 13.5. The smallest absolute Gasteiger partial charge is 0.259 e. The summed E-state index contributed by atoms with van der Waals surface area (Å²) in [7, 11) is 0. The molecule has 2 aromatic heterocycles. The number of rotatable bonds is 3. The van der Waals surface area contributed by atoms with Crippen molar-refractivity contribution in [2.24, 2.45) is 17.3 Å². The molecule has 2 aliphatic heterocycles. The van der Waals surface area contributed by atoms with Crippen molar-refractivity contribution in [2.75, 3.05) is 26.2 Å². The van der Waals surface area contributed by atoms with E-state index in [1.165, 1.54) is 0 Å². The SMILES string of the molecule is CC(C)(C)Cc1noc2nc(C3CC3)cc(C(=O)N3C[C@H]4CNC[C@H]4C3)c12. The van der Waals surface area contributed by atoms with E-state index in [2.05, 4.69) is 31.2 Å². The topological polar surface area (TPSA) is 71.3 Å². The number of pyridine rings is 1. The van der Waals surface area contributed by atoms with Crippen molar-refractivity contribution in [3.63, 3.8) is 0 Å². The average molecular weight is 368 g/mol. The van der Waals surface area contributed by atoms with Crippen molar-refractivity contribution in [1.82, 2.24) is 20.4 Å². The Balaban J connectivity index is 1.56. The van der Waals surface area contributed by atoms with E-state index < -0.39 is 0 Å². The minimum atomic E-state index is 0.0651. The van der Waals surface area contributed by atoms with Crippen LogP contribution in [0.2, 0.25) is 0 Å². The van der Waals surface area contributed by atoms with Crippen LogP contribution in [0.25, 0.3) is 11.1 Å². The van der Waals surface area contributed by atoms with Crippen LogP contribution in [0.5, 0.6) is 0 Å². The van der Waals surface area contributed by atoms with Gasteiger partial charge in [0.1, 0.15) is 0 Å². The van der Waals surface area contributed by atoms with Crippen molar-refractivity contribution >= 4 is 17.0 Å². The predicted molar refractivity (Wildman–Crippen MR) is 103 cm³/mol. The van der Waals surface area contributed by atoms with Crippen LogP contribution in [-0.4, -0.2) is 47.1 Å². The summed E-state index contributed by atoms with van der Waals surface area (Å²) in [5.74, 6) is 1.77. The first-order chi connectivity index (χ1) is 12.9. The molecule has 6 heteroatoms. The molecular weight excluding hydrogens is 340 g/mol. The Bertz CT molecular complexity index is 881. The van der Waals surface area contributed by atoms with Crippen LogP contribution in [0.3, 0.4) is 0 Å². The monoisotopic (exact) mass is 368 g/mol. The van der Waals surface area contributed by atoms with Gasteiger partial charge < -0.3 is 14.7 Å². The molecule has 2 aromatic rings. The molecule has 6 nitrogen and oxygen atoms in total. The van der Waals surface area contributed by atoms with E-state index in [0.29, 0.717) is 23.5 Å². The molecule has 3 aliphatic rings. The number of fused-ring (bicyclic) bond motifs is 2. The third kappa shape index (κ3) is 3.14. The molecule has 1 N–H and O–H groups in total. The van der Waals surface area contributed by atoms with Crippen LogP contribution in [0, 0.1) is 17.3 Å². The van der Waals surface area contributed by atoms with Gasteiger partial charge in [0.2, 0.25) is 0 Å². The van der Waals surface area contributed by atoms with E-state index in [1.54, 1.807) is 0 Å². The van der Waals surface area contributed by atoms with Crippen LogP contribution in [-0.2, 0) is 6.42 Å². The molecule has 2 saturated heterocycles. The van der Waals surface area contributed by atoms with Gasteiger partial charge in [0, 0.05) is 37.8 Å². The second kappa shape index (κ2) is 6.03. The number of hydrogen-bond donors (Lipinski definition) is 1. The zero-order chi connectivity index (χ0) is 18.8. The number of aromatic nitrogens is 2. The quantitative estimate of drug-likeness (QED) is 0.902. The van der Waals surface area contributed by atoms with Crippen LogP contribution >= 0.6 is 0 Å². The van der Waals surface area contributed by atoms with Gasteiger partial charge in [-0.05, 0) is 42.6 Å². The molecule has 0 aromatic carbocycles. The Kier molecular flexibility index (Phi) is 3.83. The summed E-state index contributed by atoms with van der Waals surface area (Å²) in [4.78, 5) is 20.3. The fourth-order valence-electron chi connectivity index (χ4n) is 4.60. The van der Waals surface area contributed by atoms with Gasteiger partial charge >= 0.3 is 0 Å². The third-order valence-corrected chi connectivity index (χ3v) is 6.14. The van der Waals surface area contributed by atoms with Gasteiger partial charge in [-0.15, -0.1) is 0 Å². The largest absolute Gasteiger partial charge is 0.338 e. The lowest BCUT2D eigenvalue weighted by Crippen LogP contribution is -2.32. The molecular formula is C21H28N4O2. The fraction of sp³-hybridized carbons (Fsp3) is 0.667. The molecule has 27 heavy (non-hydrogen) atoms. The molecule has 144 valence electrons. The summed E-state index contributed by atoms with van der Waals surface area (Å²) in [5.41, 5.74) is 3.19. The zero-order valence-corrected chi connectivity index (χ0v) is 16.4. The van der Waals surface area contributed by atoms with E-state index in [0.717, 1.165) is 67.8 Å². The van der Waals surface area contributed by atoms with Gasteiger partial charge in [0.25, 0.3) is 11.6 Å². The van der Waals surface area contributed by atoms with Gasteiger partial charge in [-0.25, -0.2) is 4.98 Å². The Labute approximate surface area is 159 Å². The average Bonchev–Trinajstić information content (AvgIpc) is 3.04. The number of nitrogens with one attached hydrogen (secondary N) is 1. The van der Waals surface area contributed by atoms with Crippen LogP contribution in [0.1, 0.15) is 61.3 Å². The Morgan fingerprint density at radius 3 is 2.59 bits per heavy atom. The van der Waals surface area contributed by atoms with E-state index in [9.17, 15) is 4.79 Å². The highest BCUT2D eigenvalue weighted by atomic mass is 16.5. The number of carbonyl (C=O) groups is 1. The maximum atomic E-state index is 13.5. The number of carbonyl (C=O) groups excluding carboxylic acids is 1. The van der Waals surface area contributed by atoms with E-state index in [1.807, 2.05) is 11.0 Å². The molecule has 1 aliphatic carbocycles. The molecule has 3 fully saturated rings. The van der Waals surface area contributed by atoms with Crippen molar-refractivity contribution in [3.8, 4) is 0 Å². The highest BCUT2D eigenvalue weighted by Gasteiger charge is 2.39. The van der Waals surface area contributed by atoms with Gasteiger partial charge in [0.15, 0.2) is 0 Å². The molecule has 1 saturated carbocycles. The van der Waals surface area contributed by atoms with Crippen LogP contribution in [0.4, 0.5) is 0 Å². The standard InChI is InChI=1S/C21H28N4O2/c1-21(2,3)7-17-18-15(6-16(12-4-5-12)23-19(18)27-24-17)20(26)25-10-13-8-22-9-14(13)11-25/h6,12-14,22H,4-5,7-11H2,1-3H3/t13-,14+. The van der Waals surface area contributed by atoms with Gasteiger partial charge in [-0.1, -0.05) is 25.9 Å². The third-order valence-electron chi connectivity index (χ3n) is 6.14. The molecule has 2 atom stereocenters. The van der Waals surface area contributed by atoms with E-state index >= 15 is 0 Å². The number of hydrogen-bond acceptors (Lipinski definition) is 5. The highest BCUT2D eigenvalue weighted by molar-refractivity contribution is 6.06. The Morgan fingerprint density at radius 1 is 1.26 bits per heavy atom. The maximum Gasteiger partial charge on any atom is 0.259 e. The number of nitrogens with zero attached hydrogens (tertiary/aromatic N) is 3. The van der Waals surface area contributed by atoms with Crippen LogP contribution in [0.15, 0.2) is 10.6 Å². The molecule has 0 unspecified atom stereocenters. The van der Waals surface area contributed by atoms with Crippen molar-refractivity contribution in [2.45, 2.75) is 46.0 Å². The first-order valence-electron chi connectivity index (χ1n) is 10.2. The lowest BCUT2D eigenvalue weighted by Gasteiger charge is -2.19. The zero-order valence-electron chi connectivity index (χ0n) is 16.4. The van der Waals surface area contributed by atoms with Gasteiger partial charge in [-0.3, -0.25) is 4.79 Å². The molecule has 0 bridgehead atoms. The summed E-state index contributed by atoms with van der Waals surface area (Å²) in [6.07, 6.45) is 3.06. The highest BCUT2D eigenvalue weighted by Crippen LogP contribution is 2.41.